The van der Waals surface area contributed by atoms with Gasteiger partial charge in [0.05, 0.1) is 27.1 Å². The molecule has 192 valence electrons. The third kappa shape index (κ3) is 4.08. The lowest BCUT2D eigenvalue weighted by Gasteiger charge is -2.15. The highest BCUT2D eigenvalue weighted by Crippen LogP contribution is 2.45. The molecule has 4 heteroatoms. The first-order valence-electron chi connectivity index (χ1n) is 13.6. The van der Waals surface area contributed by atoms with Crippen molar-refractivity contribution in [3.05, 3.63) is 140 Å². The smallest absolute Gasteiger partial charge is 0.160 e. The van der Waals surface area contributed by atoms with E-state index in [1.807, 2.05) is 24.3 Å². The Morgan fingerprint density at radius 1 is 0.463 bits per heavy atom. The topological polar surface area (TPSA) is 38.7 Å². The predicted molar refractivity (Wildman–Crippen MR) is 172 cm³/mol. The number of hydrogen-bond acceptors (Lipinski definition) is 4. The summed E-state index contributed by atoms with van der Waals surface area (Å²) in [5.74, 6) is 0.711. The van der Waals surface area contributed by atoms with E-state index in [9.17, 15) is 0 Å². The fraction of sp³-hybridized carbons (Fsp3) is 0. The molecule has 0 saturated heterocycles. The van der Waals surface area contributed by atoms with E-state index < -0.39 is 0 Å². The van der Waals surface area contributed by atoms with Gasteiger partial charge in [-0.05, 0) is 23.8 Å². The van der Waals surface area contributed by atoms with Crippen LogP contribution < -0.4 is 0 Å². The molecule has 3 aromatic heterocycles. The highest BCUT2D eigenvalue weighted by Gasteiger charge is 2.20. The van der Waals surface area contributed by atoms with Gasteiger partial charge in [0.15, 0.2) is 5.82 Å². The maximum absolute atomic E-state index is 5.17. The lowest BCUT2D eigenvalue weighted by molar-refractivity contribution is 1.18. The fourth-order valence-corrected chi connectivity index (χ4v) is 6.80. The van der Waals surface area contributed by atoms with Crippen molar-refractivity contribution in [3.8, 4) is 45.0 Å². The van der Waals surface area contributed by atoms with Gasteiger partial charge in [-0.15, -0.1) is 11.3 Å². The van der Waals surface area contributed by atoms with Crippen molar-refractivity contribution in [2.45, 2.75) is 0 Å². The Labute approximate surface area is 241 Å². The Morgan fingerprint density at radius 2 is 1.07 bits per heavy atom. The number of pyridine rings is 1. The molecule has 0 atom stereocenters. The van der Waals surface area contributed by atoms with E-state index in [2.05, 4.69) is 115 Å². The van der Waals surface area contributed by atoms with Crippen molar-refractivity contribution in [2.24, 2.45) is 0 Å². The van der Waals surface area contributed by atoms with Gasteiger partial charge < -0.3 is 0 Å². The molecular weight excluding hydrogens is 518 g/mol. The lowest BCUT2D eigenvalue weighted by Crippen LogP contribution is -1.97. The second kappa shape index (κ2) is 9.77. The average Bonchev–Trinajstić information content (AvgIpc) is 3.42. The van der Waals surface area contributed by atoms with Crippen LogP contribution in [0.1, 0.15) is 0 Å². The number of thiophene rings is 1. The highest BCUT2D eigenvalue weighted by atomic mass is 32.1. The summed E-state index contributed by atoms with van der Waals surface area (Å²) in [5.41, 5.74) is 9.29. The average molecular weight is 542 g/mol. The first-order valence-corrected chi connectivity index (χ1v) is 14.4. The zero-order chi connectivity index (χ0) is 27.2. The number of para-hydroxylation sites is 1. The van der Waals surface area contributed by atoms with Crippen LogP contribution in [0.5, 0.6) is 0 Å². The number of aromatic nitrogens is 3. The Balaban J connectivity index is 1.44. The molecule has 0 aliphatic heterocycles. The normalized spacial score (nSPS) is 11.4. The van der Waals surface area contributed by atoms with E-state index in [4.69, 9.17) is 15.0 Å². The number of fused-ring (bicyclic) bond motifs is 4. The second-order valence-electron chi connectivity index (χ2n) is 10.0. The van der Waals surface area contributed by atoms with Crippen LogP contribution >= 0.6 is 11.3 Å². The zero-order valence-corrected chi connectivity index (χ0v) is 22.8. The quantitative estimate of drug-likeness (QED) is 0.222. The molecule has 0 amide bonds. The van der Waals surface area contributed by atoms with Gasteiger partial charge in [-0.3, -0.25) is 0 Å². The summed E-state index contributed by atoms with van der Waals surface area (Å²) in [6.45, 7) is 0. The number of hydrogen-bond donors (Lipinski definition) is 0. The van der Waals surface area contributed by atoms with Gasteiger partial charge in [0.25, 0.3) is 0 Å². The third-order valence-corrected chi connectivity index (χ3v) is 8.68. The summed E-state index contributed by atoms with van der Waals surface area (Å²) in [7, 11) is 0. The van der Waals surface area contributed by atoms with E-state index in [-0.39, 0.29) is 0 Å². The zero-order valence-electron chi connectivity index (χ0n) is 22.0. The first kappa shape index (κ1) is 23.7. The molecule has 8 aromatic rings. The van der Waals surface area contributed by atoms with Gasteiger partial charge >= 0.3 is 0 Å². The fourth-order valence-electron chi connectivity index (χ4n) is 5.59. The first-order chi connectivity index (χ1) is 20.3. The maximum atomic E-state index is 5.17. The molecule has 0 saturated carbocycles. The van der Waals surface area contributed by atoms with E-state index in [0.717, 1.165) is 50.1 Å². The molecule has 0 fully saturated rings. The minimum absolute atomic E-state index is 0.711. The summed E-state index contributed by atoms with van der Waals surface area (Å²) in [5, 5.41) is 2.33. The standard InChI is InChI=1S/C37H23N3S/c1-3-13-24(14-4-1)31-23-32(40-37(39-31)25-15-5-2-6-16-25)26-17-7-8-18-27(26)34-28-19-9-11-21-30(28)38-35-29-20-10-12-22-33(29)41-36(34)35/h1-23H. The van der Waals surface area contributed by atoms with Crippen molar-refractivity contribution in [1.29, 1.82) is 0 Å². The number of nitrogens with zero attached hydrogens (tertiary/aromatic N) is 3. The summed E-state index contributed by atoms with van der Waals surface area (Å²) in [4.78, 5) is 15.3. The molecule has 8 rings (SSSR count). The predicted octanol–water partition coefficient (Wildman–Crippen LogP) is 10.1. The van der Waals surface area contributed by atoms with Crippen LogP contribution in [0.3, 0.4) is 0 Å². The molecule has 0 unspecified atom stereocenters. The van der Waals surface area contributed by atoms with Crippen LogP contribution in [0.2, 0.25) is 0 Å². The molecule has 0 aliphatic rings. The maximum Gasteiger partial charge on any atom is 0.160 e. The molecule has 3 nitrogen and oxygen atoms in total. The highest BCUT2D eigenvalue weighted by molar-refractivity contribution is 7.26. The molecule has 5 aromatic carbocycles. The van der Waals surface area contributed by atoms with Crippen molar-refractivity contribution in [2.75, 3.05) is 0 Å². The summed E-state index contributed by atoms with van der Waals surface area (Å²) >= 11 is 1.81. The van der Waals surface area contributed by atoms with E-state index >= 15 is 0 Å². The molecule has 0 spiro atoms. The second-order valence-corrected chi connectivity index (χ2v) is 11.1. The van der Waals surface area contributed by atoms with Crippen molar-refractivity contribution >= 4 is 42.5 Å². The largest absolute Gasteiger partial charge is 0.246 e. The van der Waals surface area contributed by atoms with Gasteiger partial charge in [-0.1, -0.05) is 121 Å². The Bertz CT molecular complexity index is 2140. The van der Waals surface area contributed by atoms with Crippen molar-refractivity contribution in [1.82, 2.24) is 15.0 Å². The Morgan fingerprint density at radius 3 is 1.88 bits per heavy atom. The van der Waals surface area contributed by atoms with Crippen LogP contribution in [0.4, 0.5) is 0 Å². The summed E-state index contributed by atoms with van der Waals surface area (Å²) in [6, 6.07) is 48.3. The van der Waals surface area contributed by atoms with Gasteiger partial charge in [0, 0.05) is 37.7 Å². The van der Waals surface area contributed by atoms with Crippen LogP contribution in [0.15, 0.2) is 140 Å². The molecular formula is C37H23N3S. The molecule has 3 heterocycles. The number of benzene rings is 5. The number of rotatable bonds is 4. The monoisotopic (exact) mass is 541 g/mol. The molecule has 41 heavy (non-hydrogen) atoms. The Kier molecular flexibility index (Phi) is 5.64. The minimum atomic E-state index is 0.711. The summed E-state index contributed by atoms with van der Waals surface area (Å²) < 4.78 is 2.43. The summed E-state index contributed by atoms with van der Waals surface area (Å²) in [6.07, 6.45) is 0. The van der Waals surface area contributed by atoms with E-state index in [1.54, 1.807) is 11.3 Å². The van der Waals surface area contributed by atoms with E-state index in [0.29, 0.717) is 5.82 Å². The van der Waals surface area contributed by atoms with Crippen molar-refractivity contribution in [3.63, 3.8) is 0 Å². The Hall–Kier alpha value is -5.19. The van der Waals surface area contributed by atoms with E-state index in [1.165, 1.54) is 20.3 Å². The molecule has 0 bridgehead atoms. The van der Waals surface area contributed by atoms with Gasteiger partial charge in [-0.25, -0.2) is 15.0 Å². The van der Waals surface area contributed by atoms with Crippen LogP contribution in [0.25, 0.3) is 76.2 Å². The van der Waals surface area contributed by atoms with Gasteiger partial charge in [0.2, 0.25) is 0 Å². The molecule has 0 radical (unpaired) electrons. The third-order valence-electron chi connectivity index (χ3n) is 7.50. The van der Waals surface area contributed by atoms with Gasteiger partial charge in [0.1, 0.15) is 0 Å². The lowest BCUT2D eigenvalue weighted by atomic mass is 9.93. The van der Waals surface area contributed by atoms with Gasteiger partial charge in [-0.2, -0.15) is 0 Å². The molecule has 0 N–H and O–H groups in total. The van der Waals surface area contributed by atoms with Crippen LogP contribution in [-0.2, 0) is 0 Å². The van der Waals surface area contributed by atoms with Crippen LogP contribution in [0, 0.1) is 0 Å². The SMILES string of the molecule is c1ccc(-c2cc(-c3ccccc3-c3c4ccccc4nc4c3sc3ccccc34)nc(-c3ccccc3)n2)cc1. The minimum Gasteiger partial charge on any atom is -0.246 e. The molecule has 0 aliphatic carbocycles. The van der Waals surface area contributed by atoms with Crippen LogP contribution in [-0.4, -0.2) is 15.0 Å². The van der Waals surface area contributed by atoms with Crippen molar-refractivity contribution < 1.29 is 0 Å².